The minimum absolute atomic E-state index is 0.273. The van der Waals surface area contributed by atoms with Crippen LogP contribution in [0.25, 0.3) is 11.5 Å². The summed E-state index contributed by atoms with van der Waals surface area (Å²) < 4.78 is 18.2. The van der Waals surface area contributed by atoms with Crippen molar-refractivity contribution < 1.29 is 8.91 Å². The molecule has 1 aliphatic heterocycles. The van der Waals surface area contributed by atoms with Gasteiger partial charge in [0.2, 0.25) is 0 Å². The Morgan fingerprint density at radius 2 is 2.19 bits per heavy atom. The van der Waals surface area contributed by atoms with Crippen LogP contribution in [0.5, 0.6) is 0 Å². The van der Waals surface area contributed by atoms with Crippen molar-refractivity contribution in [1.29, 1.82) is 0 Å². The van der Waals surface area contributed by atoms with Crippen molar-refractivity contribution in [2.75, 3.05) is 20.1 Å². The van der Waals surface area contributed by atoms with E-state index in [-0.39, 0.29) is 5.82 Å². The number of hydrogen-bond donors (Lipinski definition) is 1. The standard InChI is InChI=1S/C15H19FN4O/c1-17-9-13-3-2-8-20(13)10-14-18-15(21-19-14)11-4-6-12(16)7-5-11/h4-7,13,17H,2-3,8-10H2,1H3. The van der Waals surface area contributed by atoms with Gasteiger partial charge < -0.3 is 9.84 Å². The number of likely N-dealkylation sites (N-methyl/N-ethyl adjacent to an activating group) is 1. The van der Waals surface area contributed by atoms with Gasteiger partial charge in [-0.15, -0.1) is 0 Å². The van der Waals surface area contributed by atoms with Gasteiger partial charge in [0, 0.05) is 18.2 Å². The largest absolute Gasteiger partial charge is 0.334 e. The van der Waals surface area contributed by atoms with Gasteiger partial charge in [0.1, 0.15) is 5.82 Å². The topological polar surface area (TPSA) is 54.2 Å². The third kappa shape index (κ3) is 3.28. The molecule has 1 N–H and O–H groups in total. The van der Waals surface area contributed by atoms with Crippen LogP contribution in [0, 0.1) is 5.82 Å². The number of rotatable bonds is 5. The van der Waals surface area contributed by atoms with Gasteiger partial charge in [0.25, 0.3) is 5.89 Å². The Morgan fingerprint density at radius 3 is 2.95 bits per heavy atom. The highest BCUT2D eigenvalue weighted by atomic mass is 19.1. The first-order valence-electron chi connectivity index (χ1n) is 7.23. The Bertz CT molecular complexity index is 584. The van der Waals surface area contributed by atoms with Crippen molar-refractivity contribution >= 4 is 0 Å². The Hall–Kier alpha value is -1.79. The smallest absolute Gasteiger partial charge is 0.257 e. The highest BCUT2D eigenvalue weighted by molar-refractivity contribution is 5.52. The van der Waals surface area contributed by atoms with Crippen molar-refractivity contribution in [1.82, 2.24) is 20.4 Å². The lowest BCUT2D eigenvalue weighted by molar-refractivity contribution is 0.233. The van der Waals surface area contributed by atoms with Crippen LogP contribution in [-0.4, -0.2) is 41.2 Å². The van der Waals surface area contributed by atoms with E-state index in [0.29, 0.717) is 24.3 Å². The zero-order chi connectivity index (χ0) is 14.7. The van der Waals surface area contributed by atoms with Gasteiger partial charge in [0.05, 0.1) is 6.54 Å². The molecule has 5 nitrogen and oxygen atoms in total. The molecule has 0 spiro atoms. The molecule has 0 aliphatic carbocycles. The van der Waals surface area contributed by atoms with E-state index in [1.165, 1.54) is 25.0 Å². The van der Waals surface area contributed by atoms with Crippen LogP contribution in [-0.2, 0) is 6.54 Å². The summed E-state index contributed by atoms with van der Waals surface area (Å²) in [4.78, 5) is 6.78. The van der Waals surface area contributed by atoms with Crippen molar-refractivity contribution in [3.8, 4) is 11.5 Å². The molecule has 1 saturated heterocycles. The fourth-order valence-electron chi connectivity index (χ4n) is 2.78. The average molecular weight is 290 g/mol. The van der Waals surface area contributed by atoms with Gasteiger partial charge in [-0.3, -0.25) is 4.90 Å². The fraction of sp³-hybridized carbons (Fsp3) is 0.467. The Morgan fingerprint density at radius 1 is 1.38 bits per heavy atom. The second-order valence-electron chi connectivity index (χ2n) is 5.35. The lowest BCUT2D eigenvalue weighted by Gasteiger charge is -2.22. The van der Waals surface area contributed by atoms with E-state index in [0.717, 1.165) is 18.7 Å². The number of nitrogens with one attached hydrogen (secondary N) is 1. The van der Waals surface area contributed by atoms with Crippen LogP contribution >= 0.6 is 0 Å². The third-order valence-corrected chi connectivity index (χ3v) is 3.84. The molecule has 1 unspecified atom stereocenters. The molecule has 3 rings (SSSR count). The molecule has 1 atom stereocenters. The zero-order valence-electron chi connectivity index (χ0n) is 12.1. The molecule has 0 radical (unpaired) electrons. The normalized spacial score (nSPS) is 19.2. The van der Waals surface area contributed by atoms with Gasteiger partial charge in [0.15, 0.2) is 5.82 Å². The molecule has 0 bridgehead atoms. The third-order valence-electron chi connectivity index (χ3n) is 3.84. The number of nitrogens with zero attached hydrogens (tertiary/aromatic N) is 3. The van der Waals surface area contributed by atoms with E-state index < -0.39 is 0 Å². The highest BCUT2D eigenvalue weighted by Gasteiger charge is 2.25. The molecule has 0 saturated carbocycles. The maximum atomic E-state index is 12.9. The molecule has 1 aromatic carbocycles. The maximum Gasteiger partial charge on any atom is 0.257 e. The summed E-state index contributed by atoms with van der Waals surface area (Å²) in [5.74, 6) is 0.845. The predicted octanol–water partition coefficient (Wildman–Crippen LogP) is 2.06. The lowest BCUT2D eigenvalue weighted by Crippen LogP contribution is -2.36. The van der Waals surface area contributed by atoms with Crippen LogP contribution in [0.1, 0.15) is 18.7 Å². The summed E-state index contributed by atoms with van der Waals surface area (Å²) in [6, 6.07) is 6.60. The van der Waals surface area contributed by atoms with Gasteiger partial charge in [-0.25, -0.2) is 4.39 Å². The first-order chi connectivity index (χ1) is 10.3. The van der Waals surface area contributed by atoms with Crippen molar-refractivity contribution in [3.05, 3.63) is 35.9 Å². The second kappa shape index (κ2) is 6.32. The molecule has 6 heteroatoms. The fourth-order valence-corrected chi connectivity index (χ4v) is 2.78. The molecular formula is C15H19FN4O. The molecule has 1 fully saturated rings. The van der Waals surface area contributed by atoms with Gasteiger partial charge in [-0.1, -0.05) is 5.16 Å². The van der Waals surface area contributed by atoms with E-state index >= 15 is 0 Å². The summed E-state index contributed by atoms with van der Waals surface area (Å²) in [5.41, 5.74) is 0.739. The van der Waals surface area contributed by atoms with Crippen LogP contribution in [0.3, 0.4) is 0 Å². The van der Waals surface area contributed by atoms with Gasteiger partial charge in [-0.05, 0) is 50.7 Å². The van der Waals surface area contributed by atoms with Crippen molar-refractivity contribution in [3.63, 3.8) is 0 Å². The van der Waals surface area contributed by atoms with Crippen molar-refractivity contribution in [2.45, 2.75) is 25.4 Å². The first kappa shape index (κ1) is 14.2. The number of hydrogen-bond acceptors (Lipinski definition) is 5. The minimum Gasteiger partial charge on any atom is -0.334 e. The van der Waals surface area contributed by atoms with E-state index in [2.05, 4.69) is 20.4 Å². The van der Waals surface area contributed by atoms with Crippen LogP contribution in [0.2, 0.25) is 0 Å². The number of benzene rings is 1. The zero-order valence-corrected chi connectivity index (χ0v) is 12.1. The molecule has 0 amide bonds. The molecular weight excluding hydrogens is 271 g/mol. The van der Waals surface area contributed by atoms with E-state index in [9.17, 15) is 4.39 Å². The van der Waals surface area contributed by atoms with Crippen LogP contribution in [0.4, 0.5) is 4.39 Å². The Kier molecular flexibility index (Phi) is 4.26. The second-order valence-corrected chi connectivity index (χ2v) is 5.35. The molecule has 21 heavy (non-hydrogen) atoms. The van der Waals surface area contributed by atoms with Gasteiger partial charge in [-0.2, -0.15) is 4.98 Å². The minimum atomic E-state index is -0.273. The Labute approximate surface area is 123 Å². The van der Waals surface area contributed by atoms with Crippen LogP contribution < -0.4 is 5.32 Å². The number of halogens is 1. The molecule has 1 aromatic heterocycles. The van der Waals surface area contributed by atoms with E-state index in [4.69, 9.17) is 4.52 Å². The molecule has 1 aliphatic rings. The summed E-state index contributed by atoms with van der Waals surface area (Å²) in [7, 11) is 1.97. The number of aromatic nitrogens is 2. The summed E-state index contributed by atoms with van der Waals surface area (Å²) in [6.07, 6.45) is 2.40. The quantitative estimate of drug-likeness (QED) is 0.913. The Balaban J connectivity index is 1.69. The summed E-state index contributed by atoms with van der Waals surface area (Å²) >= 11 is 0. The molecule has 2 aromatic rings. The predicted molar refractivity (Wildman–Crippen MR) is 77.1 cm³/mol. The first-order valence-corrected chi connectivity index (χ1v) is 7.23. The maximum absolute atomic E-state index is 12.9. The lowest BCUT2D eigenvalue weighted by atomic mass is 10.2. The molecule has 2 heterocycles. The SMILES string of the molecule is CNCC1CCCN1Cc1noc(-c2ccc(F)cc2)n1. The summed E-state index contributed by atoms with van der Waals surface area (Å²) in [5, 5.41) is 7.25. The monoisotopic (exact) mass is 290 g/mol. The van der Waals surface area contributed by atoms with Gasteiger partial charge >= 0.3 is 0 Å². The van der Waals surface area contributed by atoms with E-state index in [1.807, 2.05) is 7.05 Å². The van der Waals surface area contributed by atoms with E-state index in [1.54, 1.807) is 12.1 Å². The summed E-state index contributed by atoms with van der Waals surface area (Å²) in [6.45, 7) is 2.73. The highest BCUT2D eigenvalue weighted by Crippen LogP contribution is 2.21. The number of likely N-dealkylation sites (tertiary alicyclic amines) is 1. The molecule has 112 valence electrons. The van der Waals surface area contributed by atoms with Crippen molar-refractivity contribution in [2.24, 2.45) is 0 Å². The van der Waals surface area contributed by atoms with Crippen LogP contribution in [0.15, 0.2) is 28.8 Å². The average Bonchev–Trinajstić information content (AvgIpc) is 3.11.